The fourth-order valence-corrected chi connectivity index (χ4v) is 1.25. The zero-order valence-electron chi connectivity index (χ0n) is 9.64. The van der Waals surface area contributed by atoms with Gasteiger partial charge in [0, 0.05) is 12.0 Å². The zero-order valence-corrected chi connectivity index (χ0v) is 9.64. The van der Waals surface area contributed by atoms with Crippen LogP contribution in [0.15, 0.2) is 24.3 Å². The van der Waals surface area contributed by atoms with Crippen LogP contribution in [0.1, 0.15) is 22.3 Å². The van der Waals surface area contributed by atoms with E-state index in [1.165, 1.54) is 0 Å². The minimum Gasteiger partial charge on any atom is -0.480 e. The van der Waals surface area contributed by atoms with Crippen LogP contribution in [0.2, 0.25) is 0 Å². The van der Waals surface area contributed by atoms with Gasteiger partial charge in [-0.25, -0.2) is 0 Å². The van der Waals surface area contributed by atoms with Gasteiger partial charge in [0.05, 0.1) is 12.2 Å². The van der Waals surface area contributed by atoms with Gasteiger partial charge in [0.1, 0.15) is 6.54 Å². The number of nitrogens with one attached hydrogen (secondary N) is 1. The first-order valence-corrected chi connectivity index (χ1v) is 5.34. The Morgan fingerprint density at radius 1 is 1.28 bits per heavy atom. The molecule has 1 aromatic carbocycles. The average molecular weight is 247 g/mol. The van der Waals surface area contributed by atoms with E-state index in [4.69, 9.17) is 10.2 Å². The van der Waals surface area contributed by atoms with Gasteiger partial charge in [-0.1, -0.05) is 24.0 Å². The van der Waals surface area contributed by atoms with E-state index in [1.807, 2.05) is 0 Å². The number of hydrogen-bond acceptors (Lipinski definition) is 3. The number of carbonyl (C=O) groups excluding carboxylic acids is 1. The number of aliphatic carboxylic acids is 1. The van der Waals surface area contributed by atoms with Crippen LogP contribution >= 0.6 is 0 Å². The molecule has 3 N–H and O–H groups in total. The van der Waals surface area contributed by atoms with E-state index in [0.29, 0.717) is 17.5 Å². The minimum absolute atomic E-state index is 0.0413. The first-order chi connectivity index (χ1) is 8.65. The summed E-state index contributed by atoms with van der Waals surface area (Å²) in [6, 6.07) is 6.64. The Bertz CT molecular complexity index is 499. The van der Waals surface area contributed by atoms with Gasteiger partial charge in [-0.05, 0) is 12.1 Å². The first kappa shape index (κ1) is 13.7. The van der Waals surface area contributed by atoms with Crippen molar-refractivity contribution < 1.29 is 19.8 Å². The van der Waals surface area contributed by atoms with Crippen LogP contribution < -0.4 is 5.32 Å². The molecule has 1 aromatic rings. The molecule has 0 aromatic heterocycles. The quantitative estimate of drug-likeness (QED) is 0.665. The van der Waals surface area contributed by atoms with Crippen molar-refractivity contribution >= 4 is 11.9 Å². The van der Waals surface area contributed by atoms with Crippen molar-refractivity contribution in [3.05, 3.63) is 35.4 Å². The number of rotatable bonds is 4. The molecule has 0 spiro atoms. The maximum absolute atomic E-state index is 11.7. The smallest absolute Gasteiger partial charge is 0.322 e. The van der Waals surface area contributed by atoms with Crippen LogP contribution in [0.5, 0.6) is 0 Å². The van der Waals surface area contributed by atoms with Gasteiger partial charge in [-0.15, -0.1) is 0 Å². The van der Waals surface area contributed by atoms with Crippen LogP contribution in [0, 0.1) is 11.8 Å². The van der Waals surface area contributed by atoms with Crippen molar-refractivity contribution in [2.24, 2.45) is 0 Å². The third-order valence-electron chi connectivity index (χ3n) is 2.03. The SMILES string of the molecule is O=C(O)CNC(=O)c1ccccc1C#CCCO. The maximum Gasteiger partial charge on any atom is 0.322 e. The molecule has 0 fully saturated rings. The minimum atomic E-state index is -1.10. The van der Waals surface area contributed by atoms with E-state index >= 15 is 0 Å². The molecule has 18 heavy (non-hydrogen) atoms. The van der Waals surface area contributed by atoms with Crippen molar-refractivity contribution in [1.82, 2.24) is 5.32 Å². The Kier molecular flexibility index (Phi) is 5.42. The summed E-state index contributed by atoms with van der Waals surface area (Å²) < 4.78 is 0. The maximum atomic E-state index is 11.7. The summed E-state index contributed by atoms with van der Waals surface area (Å²) in [7, 11) is 0. The van der Waals surface area contributed by atoms with Gasteiger partial charge in [0.2, 0.25) is 0 Å². The molecule has 0 unspecified atom stereocenters. The van der Waals surface area contributed by atoms with Crippen molar-refractivity contribution in [1.29, 1.82) is 0 Å². The van der Waals surface area contributed by atoms with Gasteiger partial charge in [-0.2, -0.15) is 0 Å². The molecule has 94 valence electrons. The van der Waals surface area contributed by atoms with Gasteiger partial charge in [0.25, 0.3) is 5.91 Å². The molecule has 1 amide bonds. The third-order valence-corrected chi connectivity index (χ3v) is 2.03. The Balaban J connectivity index is 2.85. The predicted octanol–water partition coefficient (Wildman–Crippen LogP) is 0.235. The average Bonchev–Trinajstić information content (AvgIpc) is 2.37. The molecule has 0 atom stereocenters. The lowest BCUT2D eigenvalue weighted by atomic mass is 10.1. The second kappa shape index (κ2) is 7.09. The molecule has 0 bridgehead atoms. The van der Waals surface area contributed by atoms with E-state index in [-0.39, 0.29) is 6.61 Å². The van der Waals surface area contributed by atoms with E-state index < -0.39 is 18.4 Å². The topological polar surface area (TPSA) is 86.6 Å². The second-order valence-corrected chi connectivity index (χ2v) is 3.40. The number of hydrogen-bond donors (Lipinski definition) is 3. The molecular weight excluding hydrogens is 234 g/mol. The summed E-state index contributed by atoms with van der Waals surface area (Å²) in [6.45, 7) is -0.475. The molecule has 0 saturated heterocycles. The molecule has 1 rings (SSSR count). The van der Waals surface area contributed by atoms with Gasteiger partial charge in [0.15, 0.2) is 0 Å². The number of carboxylic acids is 1. The third kappa shape index (κ3) is 4.28. The Morgan fingerprint density at radius 2 is 2.00 bits per heavy atom. The van der Waals surface area contributed by atoms with Crippen LogP contribution in [0.4, 0.5) is 0 Å². The summed E-state index contributed by atoms with van der Waals surface area (Å²) in [5.74, 6) is 3.89. The lowest BCUT2D eigenvalue weighted by Gasteiger charge is -2.04. The monoisotopic (exact) mass is 247 g/mol. The standard InChI is InChI=1S/C13H13NO4/c15-8-4-3-6-10-5-1-2-7-11(10)13(18)14-9-12(16)17/h1-2,5,7,15H,4,8-9H2,(H,14,18)(H,16,17). The zero-order chi connectivity index (χ0) is 13.4. The number of benzene rings is 1. The van der Waals surface area contributed by atoms with Crippen molar-refractivity contribution in [3.63, 3.8) is 0 Å². The predicted molar refractivity (Wildman–Crippen MR) is 65.0 cm³/mol. The van der Waals surface area contributed by atoms with Crippen LogP contribution in [-0.4, -0.2) is 35.2 Å². The first-order valence-electron chi connectivity index (χ1n) is 5.34. The van der Waals surface area contributed by atoms with E-state index in [0.717, 1.165) is 0 Å². The van der Waals surface area contributed by atoms with E-state index in [1.54, 1.807) is 24.3 Å². The number of carbonyl (C=O) groups is 2. The summed E-state index contributed by atoms with van der Waals surface area (Å²) in [6.07, 6.45) is 0.324. The largest absolute Gasteiger partial charge is 0.480 e. The number of carboxylic acid groups (broad SMARTS) is 1. The van der Waals surface area contributed by atoms with E-state index in [9.17, 15) is 9.59 Å². The van der Waals surface area contributed by atoms with Crippen LogP contribution in [0.25, 0.3) is 0 Å². The lowest BCUT2D eigenvalue weighted by Crippen LogP contribution is -2.29. The van der Waals surface area contributed by atoms with Gasteiger partial charge >= 0.3 is 5.97 Å². The molecule has 0 heterocycles. The fraction of sp³-hybridized carbons (Fsp3) is 0.231. The van der Waals surface area contributed by atoms with Gasteiger partial charge < -0.3 is 15.5 Å². The summed E-state index contributed by atoms with van der Waals surface area (Å²) in [5.41, 5.74) is 0.832. The van der Waals surface area contributed by atoms with Crippen molar-refractivity contribution in [3.8, 4) is 11.8 Å². The summed E-state index contributed by atoms with van der Waals surface area (Å²) in [5, 5.41) is 19.4. The highest BCUT2D eigenvalue weighted by Crippen LogP contribution is 2.07. The van der Waals surface area contributed by atoms with E-state index in [2.05, 4.69) is 17.2 Å². The van der Waals surface area contributed by atoms with Gasteiger partial charge in [-0.3, -0.25) is 9.59 Å². The van der Waals surface area contributed by atoms with Crippen molar-refractivity contribution in [2.75, 3.05) is 13.2 Å². The van der Waals surface area contributed by atoms with Crippen LogP contribution in [-0.2, 0) is 4.79 Å². The molecule has 0 aliphatic carbocycles. The molecule has 0 radical (unpaired) electrons. The Hall–Kier alpha value is -2.32. The number of amides is 1. The molecule has 5 heteroatoms. The molecule has 0 saturated carbocycles. The highest BCUT2D eigenvalue weighted by Gasteiger charge is 2.10. The highest BCUT2D eigenvalue weighted by molar-refractivity contribution is 5.98. The normalized spacial score (nSPS) is 9.17. The van der Waals surface area contributed by atoms with Crippen molar-refractivity contribution in [2.45, 2.75) is 6.42 Å². The highest BCUT2D eigenvalue weighted by atomic mass is 16.4. The van der Waals surface area contributed by atoms with Crippen LogP contribution in [0.3, 0.4) is 0 Å². The molecule has 0 aliphatic heterocycles. The number of aliphatic hydroxyl groups is 1. The molecule has 0 aliphatic rings. The Morgan fingerprint density at radius 3 is 2.67 bits per heavy atom. The Labute approximate surface area is 104 Å². The summed E-state index contributed by atoms with van der Waals surface area (Å²) in [4.78, 5) is 22.1. The number of aliphatic hydroxyl groups excluding tert-OH is 1. The summed E-state index contributed by atoms with van der Waals surface area (Å²) >= 11 is 0. The molecule has 5 nitrogen and oxygen atoms in total. The lowest BCUT2D eigenvalue weighted by molar-refractivity contribution is -0.135. The molecular formula is C13H13NO4. The second-order valence-electron chi connectivity index (χ2n) is 3.40. The fourth-order valence-electron chi connectivity index (χ4n) is 1.25.